The van der Waals surface area contributed by atoms with Crippen LogP contribution in [0.25, 0.3) is 11.4 Å². The Morgan fingerprint density at radius 2 is 2.10 bits per heavy atom. The highest BCUT2D eigenvalue weighted by atomic mass is 32.1. The van der Waals surface area contributed by atoms with E-state index in [1.807, 2.05) is 28.8 Å². The van der Waals surface area contributed by atoms with Crippen LogP contribution < -0.4 is 10.1 Å². The van der Waals surface area contributed by atoms with Gasteiger partial charge in [-0.2, -0.15) is 5.10 Å². The van der Waals surface area contributed by atoms with E-state index >= 15 is 0 Å². The minimum atomic E-state index is -0.439. The van der Waals surface area contributed by atoms with E-state index in [-0.39, 0.29) is 11.9 Å². The molecule has 1 unspecified atom stereocenters. The van der Waals surface area contributed by atoms with Crippen molar-refractivity contribution in [3.8, 4) is 17.1 Å². The quantitative estimate of drug-likeness (QED) is 0.651. The lowest BCUT2D eigenvalue weighted by Crippen LogP contribution is -2.49. The van der Waals surface area contributed by atoms with Crippen molar-refractivity contribution in [1.82, 2.24) is 25.0 Å². The van der Waals surface area contributed by atoms with Gasteiger partial charge in [-0.05, 0) is 56.2 Å². The Bertz CT molecular complexity index is 924. The summed E-state index contributed by atoms with van der Waals surface area (Å²) in [6.07, 6.45) is 1.52. The fraction of sp³-hybridized carbons (Fsp3) is 0.500. The maximum atomic E-state index is 12.8. The number of nitrogens with zero attached hydrogens (tertiary/aromatic N) is 3. The van der Waals surface area contributed by atoms with Gasteiger partial charge in [0.15, 0.2) is 10.6 Å². The van der Waals surface area contributed by atoms with Crippen molar-refractivity contribution < 1.29 is 19.1 Å². The highest BCUT2D eigenvalue weighted by molar-refractivity contribution is 7.71. The van der Waals surface area contributed by atoms with Gasteiger partial charge in [-0.15, -0.1) is 0 Å². The lowest BCUT2D eigenvalue weighted by molar-refractivity contribution is -0.132. The molecule has 2 heterocycles. The van der Waals surface area contributed by atoms with Crippen LogP contribution in [0.5, 0.6) is 5.75 Å². The number of alkyl carbamates (subject to hydrolysis) is 1. The van der Waals surface area contributed by atoms with Gasteiger partial charge in [0.05, 0.1) is 13.7 Å². The lowest BCUT2D eigenvalue weighted by atomic mass is 10.1. The molecule has 1 aliphatic heterocycles. The van der Waals surface area contributed by atoms with Gasteiger partial charge < -0.3 is 19.7 Å². The average molecular weight is 434 g/mol. The molecule has 0 spiro atoms. The van der Waals surface area contributed by atoms with Crippen molar-refractivity contribution >= 4 is 24.2 Å². The third-order valence-electron chi connectivity index (χ3n) is 5.03. The third kappa shape index (κ3) is 5.38. The number of ether oxygens (including phenoxy) is 2. The number of benzene rings is 1. The van der Waals surface area contributed by atoms with Gasteiger partial charge >= 0.3 is 6.09 Å². The molecule has 9 nitrogen and oxygen atoms in total. The number of carbonyl (C=O) groups excluding carboxylic acids is 2. The molecule has 30 heavy (non-hydrogen) atoms. The lowest BCUT2D eigenvalue weighted by Gasteiger charge is -2.33. The molecule has 0 bridgehead atoms. The van der Waals surface area contributed by atoms with Gasteiger partial charge in [0.25, 0.3) is 0 Å². The molecule has 1 saturated heterocycles. The van der Waals surface area contributed by atoms with Crippen LogP contribution in [0.15, 0.2) is 24.3 Å². The van der Waals surface area contributed by atoms with Gasteiger partial charge in [-0.1, -0.05) is 0 Å². The Morgan fingerprint density at radius 1 is 1.33 bits per heavy atom. The van der Waals surface area contributed by atoms with E-state index in [9.17, 15) is 9.59 Å². The second-order valence-corrected chi connectivity index (χ2v) is 7.41. The summed E-state index contributed by atoms with van der Waals surface area (Å²) in [6, 6.07) is 7.42. The summed E-state index contributed by atoms with van der Waals surface area (Å²) in [6.45, 7) is 3.67. The number of hydrogen-bond donors (Lipinski definition) is 2. The summed E-state index contributed by atoms with van der Waals surface area (Å²) in [4.78, 5) is 26.2. The van der Waals surface area contributed by atoms with E-state index in [0.29, 0.717) is 43.3 Å². The number of rotatable bonds is 7. The van der Waals surface area contributed by atoms with Gasteiger partial charge in [0.1, 0.15) is 5.75 Å². The van der Waals surface area contributed by atoms with Crippen molar-refractivity contribution in [2.45, 2.75) is 38.8 Å². The molecule has 1 fully saturated rings. The van der Waals surface area contributed by atoms with Crippen LogP contribution in [0.1, 0.15) is 26.2 Å². The van der Waals surface area contributed by atoms with Gasteiger partial charge in [0, 0.05) is 37.7 Å². The number of aromatic nitrogens is 3. The number of amides is 2. The van der Waals surface area contributed by atoms with Crippen LogP contribution in [0.2, 0.25) is 0 Å². The van der Waals surface area contributed by atoms with Crippen LogP contribution in [0, 0.1) is 4.77 Å². The second kappa shape index (κ2) is 10.2. The molecule has 162 valence electrons. The van der Waals surface area contributed by atoms with Crippen molar-refractivity contribution in [1.29, 1.82) is 0 Å². The second-order valence-electron chi connectivity index (χ2n) is 7.03. The Morgan fingerprint density at radius 3 is 2.80 bits per heavy atom. The minimum absolute atomic E-state index is 0.0224. The molecule has 1 aromatic carbocycles. The van der Waals surface area contributed by atoms with Crippen molar-refractivity contribution in [3.63, 3.8) is 0 Å². The summed E-state index contributed by atoms with van der Waals surface area (Å²) in [5, 5.41) is 9.94. The number of piperidine rings is 1. The van der Waals surface area contributed by atoms with Crippen LogP contribution >= 0.6 is 12.2 Å². The first-order valence-electron chi connectivity index (χ1n) is 10.0. The predicted octanol–water partition coefficient (Wildman–Crippen LogP) is 2.74. The molecule has 0 saturated carbocycles. The Balaban J connectivity index is 1.61. The molecule has 1 aromatic heterocycles. The van der Waals surface area contributed by atoms with Crippen molar-refractivity contribution in [2.24, 2.45) is 0 Å². The van der Waals surface area contributed by atoms with Gasteiger partial charge in [-0.3, -0.25) is 14.5 Å². The topological polar surface area (TPSA) is 101 Å². The van der Waals surface area contributed by atoms with E-state index in [1.165, 1.54) is 0 Å². The standard InChI is InChI=1S/C20H27N5O4S/c1-3-29-20(27)21-15-5-4-11-24(13-15)17(26)10-12-25-18(22-23-19(25)30)14-6-8-16(28-2)9-7-14/h6-9,15H,3-5,10-13H2,1-2H3,(H,21,27)(H,23,30). The first kappa shape index (κ1) is 21.8. The van der Waals surface area contributed by atoms with E-state index in [4.69, 9.17) is 21.7 Å². The summed E-state index contributed by atoms with van der Waals surface area (Å²) >= 11 is 5.35. The fourth-order valence-corrected chi connectivity index (χ4v) is 3.74. The maximum Gasteiger partial charge on any atom is 0.407 e. The van der Waals surface area contributed by atoms with E-state index in [2.05, 4.69) is 15.5 Å². The number of nitrogens with one attached hydrogen (secondary N) is 2. The van der Waals surface area contributed by atoms with Crippen LogP contribution in [-0.4, -0.2) is 64.5 Å². The Kier molecular flexibility index (Phi) is 7.45. The molecule has 2 aromatic rings. The Hall–Kier alpha value is -2.88. The van der Waals surface area contributed by atoms with Crippen LogP contribution in [0.4, 0.5) is 4.79 Å². The zero-order chi connectivity index (χ0) is 21.5. The van der Waals surface area contributed by atoms with Crippen molar-refractivity contribution in [3.05, 3.63) is 29.0 Å². The predicted molar refractivity (Wildman–Crippen MR) is 114 cm³/mol. The van der Waals surface area contributed by atoms with Crippen molar-refractivity contribution in [2.75, 3.05) is 26.8 Å². The Labute approximate surface area is 180 Å². The SMILES string of the molecule is CCOC(=O)NC1CCCN(C(=O)CCn2c(-c3ccc(OC)cc3)n[nH]c2=S)C1. The number of likely N-dealkylation sites (tertiary alicyclic amines) is 1. The van der Waals surface area contributed by atoms with E-state index in [1.54, 1.807) is 18.9 Å². The first-order valence-corrected chi connectivity index (χ1v) is 10.4. The highest BCUT2D eigenvalue weighted by Crippen LogP contribution is 2.21. The molecular weight excluding hydrogens is 406 g/mol. The first-order chi connectivity index (χ1) is 14.5. The zero-order valence-corrected chi connectivity index (χ0v) is 18.0. The number of hydrogen-bond acceptors (Lipinski definition) is 6. The number of carbonyl (C=O) groups is 2. The van der Waals surface area contributed by atoms with Gasteiger partial charge in [-0.25, -0.2) is 4.79 Å². The average Bonchev–Trinajstić information content (AvgIpc) is 3.12. The maximum absolute atomic E-state index is 12.8. The van der Waals surface area contributed by atoms with Crippen LogP contribution in [-0.2, 0) is 16.1 Å². The minimum Gasteiger partial charge on any atom is -0.497 e. The largest absolute Gasteiger partial charge is 0.497 e. The van der Waals surface area contributed by atoms with Gasteiger partial charge in [0.2, 0.25) is 5.91 Å². The molecular formula is C20H27N5O4S. The monoisotopic (exact) mass is 433 g/mol. The number of methoxy groups -OCH3 is 1. The molecule has 0 radical (unpaired) electrons. The summed E-state index contributed by atoms with van der Waals surface area (Å²) in [5.41, 5.74) is 0.882. The van der Waals surface area contributed by atoms with Crippen LogP contribution in [0.3, 0.4) is 0 Å². The van der Waals surface area contributed by atoms with E-state index < -0.39 is 6.09 Å². The molecule has 2 N–H and O–H groups in total. The molecule has 2 amide bonds. The molecule has 3 rings (SSSR count). The zero-order valence-electron chi connectivity index (χ0n) is 17.2. The highest BCUT2D eigenvalue weighted by Gasteiger charge is 2.25. The number of aromatic amines is 1. The summed E-state index contributed by atoms with van der Waals surface area (Å²) in [5.74, 6) is 1.45. The normalized spacial score (nSPS) is 16.2. The summed E-state index contributed by atoms with van der Waals surface area (Å²) in [7, 11) is 1.62. The number of H-pyrrole nitrogens is 1. The molecule has 1 atom stereocenters. The van der Waals surface area contributed by atoms with E-state index in [0.717, 1.165) is 24.2 Å². The summed E-state index contributed by atoms with van der Waals surface area (Å²) < 4.78 is 12.4. The molecule has 1 aliphatic rings. The smallest absolute Gasteiger partial charge is 0.407 e. The third-order valence-corrected chi connectivity index (χ3v) is 5.34. The molecule has 0 aliphatic carbocycles. The fourth-order valence-electron chi connectivity index (χ4n) is 3.51. The molecule has 10 heteroatoms.